The normalized spacial score (nSPS) is 21.6. The van der Waals surface area contributed by atoms with Gasteiger partial charge in [-0.25, -0.2) is 9.59 Å². The van der Waals surface area contributed by atoms with E-state index in [1.807, 2.05) is 14.1 Å². The smallest absolute Gasteiger partial charge is 0.326 e. The largest absolute Gasteiger partial charge is 0.480 e. The van der Waals surface area contributed by atoms with Gasteiger partial charge in [-0.05, 0) is 26.9 Å². The predicted molar refractivity (Wildman–Crippen MR) is 63.9 cm³/mol. The standard InChI is InChI=1S/C11H21N3O3/c1-4-9(10(15)16)12-11(17)14-6-5-8(7-14)13(2)3/h8-9H,4-7H2,1-3H3,(H,12,17)(H,15,16). The number of nitrogens with one attached hydrogen (secondary N) is 1. The summed E-state index contributed by atoms with van der Waals surface area (Å²) < 4.78 is 0. The van der Waals surface area contributed by atoms with Crippen molar-refractivity contribution in [2.45, 2.75) is 31.8 Å². The first-order chi connectivity index (χ1) is 7.95. The Labute approximate surface area is 102 Å². The number of carbonyl (C=O) groups is 2. The highest BCUT2D eigenvalue weighted by Gasteiger charge is 2.29. The van der Waals surface area contributed by atoms with Crippen LogP contribution >= 0.6 is 0 Å². The van der Waals surface area contributed by atoms with Crippen molar-refractivity contribution in [1.82, 2.24) is 15.1 Å². The van der Waals surface area contributed by atoms with Crippen LogP contribution in [0.5, 0.6) is 0 Å². The van der Waals surface area contributed by atoms with Crippen molar-refractivity contribution in [2.24, 2.45) is 0 Å². The molecule has 1 heterocycles. The Morgan fingerprint density at radius 2 is 2.18 bits per heavy atom. The van der Waals surface area contributed by atoms with Crippen LogP contribution in [0.25, 0.3) is 0 Å². The molecular weight excluding hydrogens is 222 g/mol. The van der Waals surface area contributed by atoms with Gasteiger partial charge in [-0.15, -0.1) is 0 Å². The number of likely N-dealkylation sites (N-methyl/N-ethyl adjacent to an activating group) is 1. The number of carboxylic acids is 1. The second-order valence-electron chi connectivity index (χ2n) is 4.60. The van der Waals surface area contributed by atoms with Crippen molar-refractivity contribution in [3.05, 3.63) is 0 Å². The minimum Gasteiger partial charge on any atom is -0.480 e. The van der Waals surface area contributed by atoms with Gasteiger partial charge in [-0.2, -0.15) is 0 Å². The predicted octanol–water partition coefficient (Wildman–Crippen LogP) is 0.195. The van der Waals surface area contributed by atoms with Crippen LogP contribution in [-0.2, 0) is 4.79 Å². The summed E-state index contributed by atoms with van der Waals surface area (Å²) in [6.07, 6.45) is 1.33. The Morgan fingerprint density at radius 1 is 1.53 bits per heavy atom. The monoisotopic (exact) mass is 243 g/mol. The van der Waals surface area contributed by atoms with Crippen molar-refractivity contribution in [3.63, 3.8) is 0 Å². The second kappa shape index (κ2) is 5.86. The van der Waals surface area contributed by atoms with E-state index >= 15 is 0 Å². The third-order valence-corrected chi connectivity index (χ3v) is 3.18. The summed E-state index contributed by atoms with van der Waals surface area (Å²) in [6, 6.07) is -0.699. The molecule has 0 aromatic carbocycles. The number of aliphatic carboxylic acids is 1. The highest BCUT2D eigenvalue weighted by Crippen LogP contribution is 2.13. The molecule has 1 aliphatic rings. The molecule has 6 nitrogen and oxygen atoms in total. The lowest BCUT2D eigenvalue weighted by Gasteiger charge is -2.22. The maximum absolute atomic E-state index is 11.8. The van der Waals surface area contributed by atoms with Crippen molar-refractivity contribution in [2.75, 3.05) is 27.2 Å². The first kappa shape index (κ1) is 13.8. The zero-order valence-electron chi connectivity index (χ0n) is 10.6. The molecule has 6 heteroatoms. The van der Waals surface area contributed by atoms with Gasteiger partial charge in [0.05, 0.1) is 0 Å². The van der Waals surface area contributed by atoms with Crippen LogP contribution in [-0.4, -0.2) is 66.2 Å². The van der Waals surface area contributed by atoms with Crippen LogP contribution in [0, 0.1) is 0 Å². The Bertz CT molecular complexity index is 294. The molecule has 0 saturated carbocycles. The Hall–Kier alpha value is -1.30. The quantitative estimate of drug-likeness (QED) is 0.739. The van der Waals surface area contributed by atoms with E-state index in [1.165, 1.54) is 0 Å². The van der Waals surface area contributed by atoms with E-state index in [0.717, 1.165) is 6.42 Å². The molecule has 1 aliphatic heterocycles. The first-order valence-electron chi connectivity index (χ1n) is 5.90. The fourth-order valence-corrected chi connectivity index (χ4v) is 1.93. The summed E-state index contributed by atoms with van der Waals surface area (Å²) in [4.78, 5) is 26.4. The van der Waals surface area contributed by atoms with Gasteiger partial charge in [0.2, 0.25) is 0 Å². The fourth-order valence-electron chi connectivity index (χ4n) is 1.93. The number of urea groups is 1. The zero-order valence-corrected chi connectivity index (χ0v) is 10.6. The molecule has 2 N–H and O–H groups in total. The molecule has 17 heavy (non-hydrogen) atoms. The van der Waals surface area contributed by atoms with E-state index < -0.39 is 12.0 Å². The molecule has 0 bridgehead atoms. The summed E-state index contributed by atoms with van der Waals surface area (Å²) in [5.41, 5.74) is 0. The average Bonchev–Trinajstić information content (AvgIpc) is 2.74. The minimum atomic E-state index is -0.982. The van der Waals surface area contributed by atoms with Gasteiger partial charge in [0.1, 0.15) is 6.04 Å². The van der Waals surface area contributed by atoms with Gasteiger partial charge < -0.3 is 20.2 Å². The van der Waals surface area contributed by atoms with Crippen LogP contribution in [0.2, 0.25) is 0 Å². The van der Waals surface area contributed by atoms with Gasteiger partial charge in [-0.1, -0.05) is 6.92 Å². The maximum atomic E-state index is 11.8. The number of carbonyl (C=O) groups excluding carboxylic acids is 1. The molecule has 0 aliphatic carbocycles. The summed E-state index contributed by atoms with van der Waals surface area (Å²) in [5, 5.41) is 11.4. The average molecular weight is 243 g/mol. The highest BCUT2D eigenvalue weighted by molar-refractivity contribution is 5.82. The second-order valence-corrected chi connectivity index (χ2v) is 4.60. The Morgan fingerprint density at radius 3 is 2.59 bits per heavy atom. The molecule has 0 aromatic rings. The molecule has 0 radical (unpaired) electrons. The number of likely N-dealkylation sites (tertiary alicyclic amines) is 1. The number of nitrogens with zero attached hydrogens (tertiary/aromatic N) is 2. The van der Waals surface area contributed by atoms with Crippen molar-refractivity contribution >= 4 is 12.0 Å². The van der Waals surface area contributed by atoms with E-state index in [4.69, 9.17) is 5.11 Å². The van der Waals surface area contributed by atoms with E-state index in [1.54, 1.807) is 11.8 Å². The van der Waals surface area contributed by atoms with Crippen LogP contribution in [0.1, 0.15) is 19.8 Å². The van der Waals surface area contributed by atoms with E-state index in [0.29, 0.717) is 25.6 Å². The van der Waals surface area contributed by atoms with Crippen molar-refractivity contribution in [3.8, 4) is 0 Å². The van der Waals surface area contributed by atoms with Gasteiger partial charge >= 0.3 is 12.0 Å². The lowest BCUT2D eigenvalue weighted by Crippen LogP contribution is -2.47. The van der Waals surface area contributed by atoms with Gasteiger partial charge in [0.25, 0.3) is 0 Å². The molecule has 1 saturated heterocycles. The molecule has 2 unspecified atom stereocenters. The van der Waals surface area contributed by atoms with E-state index in [-0.39, 0.29) is 6.03 Å². The summed E-state index contributed by atoms with van der Waals surface area (Å²) in [5.74, 6) is -0.982. The van der Waals surface area contributed by atoms with Gasteiger partial charge in [0.15, 0.2) is 0 Å². The number of amides is 2. The Balaban J connectivity index is 2.47. The summed E-state index contributed by atoms with van der Waals surface area (Å²) in [7, 11) is 3.97. The maximum Gasteiger partial charge on any atom is 0.326 e. The zero-order chi connectivity index (χ0) is 13.0. The van der Waals surface area contributed by atoms with Gasteiger partial charge in [-0.3, -0.25) is 0 Å². The van der Waals surface area contributed by atoms with Crippen LogP contribution < -0.4 is 5.32 Å². The lowest BCUT2D eigenvalue weighted by molar-refractivity contribution is -0.139. The first-order valence-corrected chi connectivity index (χ1v) is 5.90. The topological polar surface area (TPSA) is 72.9 Å². The molecule has 98 valence electrons. The molecule has 2 atom stereocenters. The number of hydrogen-bond acceptors (Lipinski definition) is 3. The molecule has 2 amide bonds. The Kier molecular flexibility index (Phi) is 4.74. The molecule has 0 aromatic heterocycles. The number of hydrogen-bond donors (Lipinski definition) is 2. The molecule has 0 spiro atoms. The van der Waals surface area contributed by atoms with Crippen LogP contribution in [0.3, 0.4) is 0 Å². The van der Waals surface area contributed by atoms with E-state index in [2.05, 4.69) is 10.2 Å². The van der Waals surface area contributed by atoms with Crippen LogP contribution in [0.15, 0.2) is 0 Å². The number of carboxylic acid groups (broad SMARTS) is 1. The number of rotatable bonds is 4. The van der Waals surface area contributed by atoms with Crippen LogP contribution in [0.4, 0.5) is 4.79 Å². The van der Waals surface area contributed by atoms with Gasteiger partial charge in [0, 0.05) is 19.1 Å². The summed E-state index contributed by atoms with van der Waals surface area (Å²) in [6.45, 7) is 3.09. The summed E-state index contributed by atoms with van der Waals surface area (Å²) >= 11 is 0. The molecule has 1 fully saturated rings. The highest BCUT2D eigenvalue weighted by atomic mass is 16.4. The molecular formula is C11H21N3O3. The van der Waals surface area contributed by atoms with Crippen molar-refractivity contribution < 1.29 is 14.7 Å². The third-order valence-electron chi connectivity index (χ3n) is 3.18. The van der Waals surface area contributed by atoms with E-state index in [9.17, 15) is 9.59 Å². The fraction of sp³-hybridized carbons (Fsp3) is 0.818. The lowest BCUT2D eigenvalue weighted by atomic mass is 10.2. The molecule has 1 rings (SSSR count). The minimum absolute atomic E-state index is 0.274. The SMILES string of the molecule is CCC(NC(=O)N1CCC(N(C)C)C1)C(=O)O. The van der Waals surface area contributed by atoms with Crippen molar-refractivity contribution in [1.29, 1.82) is 0 Å². The third kappa shape index (κ3) is 3.59.